The molecule has 0 saturated carbocycles. The Kier molecular flexibility index (Phi) is 6.66. The summed E-state index contributed by atoms with van der Waals surface area (Å²) in [4.78, 5) is 24.1. The van der Waals surface area contributed by atoms with Crippen LogP contribution >= 0.6 is 0 Å². The lowest BCUT2D eigenvalue weighted by Gasteiger charge is -2.23. The second kappa shape index (κ2) is 8.75. The van der Waals surface area contributed by atoms with Gasteiger partial charge < -0.3 is 10.6 Å². The summed E-state index contributed by atoms with van der Waals surface area (Å²) in [7, 11) is 0. The van der Waals surface area contributed by atoms with Crippen LogP contribution in [0.4, 0.5) is 14.5 Å². The van der Waals surface area contributed by atoms with Crippen molar-refractivity contribution in [1.82, 2.24) is 5.32 Å². The highest BCUT2D eigenvalue weighted by Gasteiger charge is 2.18. The van der Waals surface area contributed by atoms with Crippen LogP contribution in [0.2, 0.25) is 0 Å². The molecule has 2 aromatic carbocycles. The Bertz CT molecular complexity index is 829. The summed E-state index contributed by atoms with van der Waals surface area (Å²) in [6.45, 7) is 6.43. The van der Waals surface area contributed by atoms with Crippen molar-refractivity contribution in [1.29, 1.82) is 0 Å². The fourth-order valence-corrected chi connectivity index (χ4v) is 2.68. The van der Waals surface area contributed by atoms with Crippen LogP contribution in [0.25, 0.3) is 0 Å². The van der Waals surface area contributed by atoms with Crippen molar-refractivity contribution in [3.05, 3.63) is 65.2 Å². The summed E-state index contributed by atoms with van der Waals surface area (Å²) < 4.78 is 26.4. The van der Waals surface area contributed by atoms with Crippen LogP contribution in [0.5, 0.6) is 0 Å². The van der Waals surface area contributed by atoms with Gasteiger partial charge in [-0.2, -0.15) is 0 Å². The Balaban J connectivity index is 1.83. The van der Waals surface area contributed by atoms with Crippen molar-refractivity contribution in [2.24, 2.45) is 0 Å². The molecular weight excluding hydrogens is 350 g/mol. The Morgan fingerprint density at radius 1 is 1.04 bits per heavy atom. The lowest BCUT2D eigenvalue weighted by Crippen LogP contribution is -2.26. The van der Waals surface area contributed by atoms with Crippen LogP contribution in [-0.2, 0) is 10.2 Å². The third-order valence-corrected chi connectivity index (χ3v) is 4.05. The molecule has 0 fully saturated rings. The molecule has 0 aromatic heterocycles. The molecule has 6 heteroatoms. The van der Waals surface area contributed by atoms with Gasteiger partial charge in [-0.1, -0.05) is 39.0 Å². The molecule has 2 rings (SSSR count). The molecule has 0 saturated heterocycles. The number of carbonyl (C=O) groups is 2. The molecular formula is C21H24F2N2O2. The van der Waals surface area contributed by atoms with Crippen LogP contribution in [0.15, 0.2) is 42.5 Å². The zero-order valence-electron chi connectivity index (χ0n) is 15.7. The first-order valence-corrected chi connectivity index (χ1v) is 8.81. The summed E-state index contributed by atoms with van der Waals surface area (Å²) in [6.07, 6.45) is 0.614. The predicted octanol–water partition coefficient (Wildman–Crippen LogP) is 4.41. The number of benzene rings is 2. The average Bonchev–Trinajstić information content (AvgIpc) is 2.58. The Labute approximate surface area is 158 Å². The third-order valence-electron chi connectivity index (χ3n) is 4.05. The maximum atomic E-state index is 13.5. The molecule has 0 aliphatic heterocycles. The van der Waals surface area contributed by atoms with Gasteiger partial charge in [0.2, 0.25) is 5.91 Å². The van der Waals surface area contributed by atoms with Gasteiger partial charge in [-0.15, -0.1) is 0 Å². The number of halogens is 2. The molecule has 0 aliphatic carbocycles. The van der Waals surface area contributed by atoms with Gasteiger partial charge in [-0.25, -0.2) is 8.78 Å². The molecule has 2 N–H and O–H groups in total. The summed E-state index contributed by atoms with van der Waals surface area (Å²) in [5.41, 5.74) is 1.49. The largest absolute Gasteiger partial charge is 0.352 e. The van der Waals surface area contributed by atoms with E-state index in [1.165, 1.54) is 0 Å². The van der Waals surface area contributed by atoms with Gasteiger partial charge in [0, 0.05) is 24.7 Å². The highest BCUT2D eigenvalue weighted by molar-refractivity contribution is 5.94. The number of carbonyl (C=O) groups excluding carboxylic acids is 2. The van der Waals surface area contributed by atoms with E-state index in [0.29, 0.717) is 12.5 Å². The van der Waals surface area contributed by atoms with E-state index in [9.17, 15) is 18.4 Å². The van der Waals surface area contributed by atoms with Crippen molar-refractivity contribution in [3.63, 3.8) is 0 Å². The topological polar surface area (TPSA) is 58.2 Å². The number of nitrogens with one attached hydrogen (secondary N) is 2. The summed E-state index contributed by atoms with van der Waals surface area (Å²) in [5, 5.41) is 5.43. The average molecular weight is 374 g/mol. The first-order chi connectivity index (χ1) is 12.7. The van der Waals surface area contributed by atoms with Crippen molar-refractivity contribution in [2.75, 3.05) is 11.9 Å². The van der Waals surface area contributed by atoms with E-state index in [-0.39, 0.29) is 29.9 Å². The maximum absolute atomic E-state index is 13.5. The normalized spacial score (nSPS) is 11.1. The van der Waals surface area contributed by atoms with Crippen molar-refractivity contribution < 1.29 is 18.4 Å². The number of anilines is 1. The first-order valence-electron chi connectivity index (χ1n) is 8.81. The highest BCUT2D eigenvalue weighted by Crippen LogP contribution is 2.29. The number of rotatable bonds is 6. The van der Waals surface area contributed by atoms with Gasteiger partial charge in [-0.3, -0.25) is 9.59 Å². The zero-order chi connectivity index (χ0) is 20.0. The quantitative estimate of drug-likeness (QED) is 0.736. The SMILES string of the molecule is CC(C)(C)c1ccccc1NC(=O)CCCNC(=O)c1ccc(F)cc1F. The molecule has 0 unspecified atom stereocenters. The summed E-state index contributed by atoms with van der Waals surface area (Å²) in [5.74, 6) is -2.44. The monoisotopic (exact) mass is 374 g/mol. The maximum Gasteiger partial charge on any atom is 0.254 e. The van der Waals surface area contributed by atoms with Crippen LogP contribution in [0.3, 0.4) is 0 Å². The molecule has 0 bridgehead atoms. The number of para-hydroxylation sites is 1. The minimum absolute atomic E-state index is 0.100. The Hall–Kier alpha value is -2.76. The van der Waals surface area contributed by atoms with Crippen molar-refractivity contribution >= 4 is 17.5 Å². The van der Waals surface area contributed by atoms with E-state index >= 15 is 0 Å². The van der Waals surface area contributed by atoms with Gasteiger partial charge in [0.15, 0.2) is 0 Å². The van der Waals surface area contributed by atoms with Crippen LogP contribution in [0, 0.1) is 11.6 Å². The second-order valence-corrected chi connectivity index (χ2v) is 7.33. The fraction of sp³-hybridized carbons (Fsp3) is 0.333. The molecule has 2 aromatic rings. The lowest BCUT2D eigenvalue weighted by molar-refractivity contribution is -0.116. The smallest absolute Gasteiger partial charge is 0.254 e. The van der Waals surface area contributed by atoms with E-state index in [1.54, 1.807) is 0 Å². The Morgan fingerprint density at radius 3 is 2.41 bits per heavy atom. The standard InChI is InChI=1S/C21H24F2N2O2/c1-21(2,3)16-7-4-5-8-18(16)25-19(26)9-6-12-24-20(27)15-11-10-14(22)13-17(15)23/h4-5,7-8,10-11,13H,6,9,12H2,1-3H3,(H,24,27)(H,25,26). The molecule has 144 valence electrons. The predicted molar refractivity (Wildman–Crippen MR) is 102 cm³/mol. The molecule has 0 radical (unpaired) electrons. The van der Waals surface area contributed by atoms with E-state index < -0.39 is 17.5 Å². The van der Waals surface area contributed by atoms with Gasteiger partial charge in [-0.05, 0) is 35.6 Å². The van der Waals surface area contributed by atoms with E-state index in [2.05, 4.69) is 31.4 Å². The number of hydrogen-bond donors (Lipinski definition) is 2. The van der Waals surface area contributed by atoms with Gasteiger partial charge in [0.1, 0.15) is 11.6 Å². The summed E-state index contributed by atoms with van der Waals surface area (Å²) in [6, 6.07) is 10.4. The Morgan fingerprint density at radius 2 is 1.74 bits per heavy atom. The number of hydrogen-bond acceptors (Lipinski definition) is 2. The van der Waals surface area contributed by atoms with Crippen molar-refractivity contribution in [3.8, 4) is 0 Å². The lowest BCUT2D eigenvalue weighted by atomic mass is 9.86. The van der Waals surface area contributed by atoms with Crippen LogP contribution < -0.4 is 10.6 Å². The molecule has 0 spiro atoms. The fourth-order valence-electron chi connectivity index (χ4n) is 2.68. The van der Waals surface area contributed by atoms with E-state index in [0.717, 1.165) is 23.4 Å². The van der Waals surface area contributed by atoms with Crippen LogP contribution in [0.1, 0.15) is 49.5 Å². The molecule has 0 heterocycles. The zero-order valence-corrected chi connectivity index (χ0v) is 15.7. The van der Waals surface area contributed by atoms with Crippen LogP contribution in [-0.4, -0.2) is 18.4 Å². The summed E-state index contributed by atoms with van der Waals surface area (Å²) >= 11 is 0. The van der Waals surface area contributed by atoms with Gasteiger partial charge in [0.05, 0.1) is 5.56 Å². The van der Waals surface area contributed by atoms with E-state index in [4.69, 9.17) is 0 Å². The van der Waals surface area contributed by atoms with Crippen molar-refractivity contribution in [2.45, 2.75) is 39.0 Å². The third kappa shape index (κ3) is 5.88. The number of amides is 2. The molecule has 2 amide bonds. The van der Waals surface area contributed by atoms with Gasteiger partial charge in [0.25, 0.3) is 5.91 Å². The van der Waals surface area contributed by atoms with Gasteiger partial charge >= 0.3 is 0 Å². The highest BCUT2D eigenvalue weighted by atomic mass is 19.1. The molecule has 27 heavy (non-hydrogen) atoms. The molecule has 0 aliphatic rings. The molecule has 4 nitrogen and oxygen atoms in total. The van der Waals surface area contributed by atoms with E-state index in [1.807, 2.05) is 24.3 Å². The second-order valence-electron chi connectivity index (χ2n) is 7.33. The molecule has 0 atom stereocenters. The minimum atomic E-state index is -0.913. The minimum Gasteiger partial charge on any atom is -0.352 e. The first kappa shape index (κ1) is 20.6.